The fourth-order valence-electron chi connectivity index (χ4n) is 10.9. The van der Waals surface area contributed by atoms with E-state index in [2.05, 4.69) is 41.5 Å². The van der Waals surface area contributed by atoms with Gasteiger partial charge in [0.15, 0.2) is 12.2 Å². The van der Waals surface area contributed by atoms with Crippen LogP contribution in [-0.2, 0) is 65.4 Å². The van der Waals surface area contributed by atoms with E-state index in [9.17, 15) is 43.2 Å². The Morgan fingerprint density at radius 2 is 0.505 bits per heavy atom. The van der Waals surface area contributed by atoms with Gasteiger partial charge >= 0.3 is 39.5 Å². The number of phosphoric acid groups is 2. The lowest BCUT2D eigenvalue weighted by Gasteiger charge is -2.21. The molecule has 2 unspecified atom stereocenters. The molecule has 0 aromatic heterocycles. The van der Waals surface area contributed by atoms with Crippen molar-refractivity contribution >= 4 is 39.5 Å². The topological polar surface area (TPSA) is 237 Å². The minimum atomic E-state index is -4.95. The summed E-state index contributed by atoms with van der Waals surface area (Å²) in [7, 11) is -9.90. The van der Waals surface area contributed by atoms with Crippen LogP contribution in [0.5, 0.6) is 0 Å². The molecule has 0 aromatic rings. The van der Waals surface area contributed by atoms with E-state index in [0.29, 0.717) is 31.6 Å². The third-order valence-corrected chi connectivity index (χ3v) is 18.6. The lowest BCUT2D eigenvalue weighted by molar-refractivity contribution is -0.161. The summed E-state index contributed by atoms with van der Waals surface area (Å²) in [6, 6.07) is 0. The molecule has 0 rings (SSSR count). The lowest BCUT2D eigenvalue weighted by atomic mass is 10.0. The average molecular weight is 1340 g/mol. The maximum atomic E-state index is 13.0. The van der Waals surface area contributed by atoms with Crippen LogP contribution in [0.4, 0.5) is 0 Å². The molecule has 0 radical (unpaired) electrons. The zero-order valence-electron chi connectivity index (χ0n) is 59.1. The SMILES string of the molecule is CCCCCCCCCCCCCCCCC(=O)OC[C@H](COP(=O)(O)OC[C@@H](O)COP(=O)(O)OC[C@@H](COC(=O)CCCCCCCCCC(C)C)OC(=O)CCCCCCCCCCCCCC)OC(=O)CCCCCCCCCCCCCCC(C)C. The lowest BCUT2D eigenvalue weighted by Crippen LogP contribution is -2.30. The molecule has 0 saturated carbocycles. The van der Waals surface area contributed by atoms with Crippen molar-refractivity contribution in [2.45, 2.75) is 387 Å². The second-order valence-electron chi connectivity index (χ2n) is 26.9. The molecule has 0 bridgehead atoms. The number of rotatable bonds is 71. The van der Waals surface area contributed by atoms with Gasteiger partial charge in [-0.05, 0) is 37.5 Å². The van der Waals surface area contributed by atoms with Crippen LogP contribution in [0.1, 0.15) is 369 Å². The standard InChI is InChI=1S/C72H140O17P2/c1-7-9-11-13-15-17-19-21-22-27-30-36-42-48-54-69(74)82-60-67(88-72(77)57-51-45-38-32-28-24-23-25-29-34-40-46-52-64(3)4)62-86-90(78,79)84-58-66(73)59-85-91(80,81)87-63-68(61-83-70(75)55-49-43-39-33-35-41-47-53-65(5)6)89-71(76)56-50-44-37-31-26-20-18-16-14-12-10-8-2/h64-68,73H,7-63H2,1-6H3,(H,78,79)(H,80,81)/t66-,67-,68-/m1/s1. The summed E-state index contributed by atoms with van der Waals surface area (Å²) in [4.78, 5) is 72.6. The van der Waals surface area contributed by atoms with Gasteiger partial charge in [0, 0.05) is 25.7 Å². The molecule has 0 saturated heterocycles. The minimum absolute atomic E-state index is 0.107. The summed E-state index contributed by atoms with van der Waals surface area (Å²) < 4.78 is 68.4. The molecule has 91 heavy (non-hydrogen) atoms. The molecule has 5 atom stereocenters. The molecule has 540 valence electrons. The van der Waals surface area contributed by atoms with Crippen LogP contribution in [-0.4, -0.2) is 96.7 Å². The van der Waals surface area contributed by atoms with Crippen molar-refractivity contribution in [1.82, 2.24) is 0 Å². The molecule has 0 amide bonds. The van der Waals surface area contributed by atoms with Gasteiger partial charge in [-0.1, -0.05) is 318 Å². The molecule has 0 heterocycles. The molecule has 0 spiro atoms. The highest BCUT2D eigenvalue weighted by atomic mass is 31.2. The summed E-state index contributed by atoms with van der Waals surface area (Å²) in [6.45, 7) is 9.52. The van der Waals surface area contributed by atoms with Gasteiger partial charge in [0.05, 0.1) is 26.4 Å². The number of phosphoric ester groups is 2. The number of unbranched alkanes of at least 4 members (excludes halogenated alkanes) is 41. The molecule has 0 aliphatic rings. The van der Waals surface area contributed by atoms with Crippen molar-refractivity contribution in [3.63, 3.8) is 0 Å². The molecule has 3 N–H and O–H groups in total. The Morgan fingerprint density at radius 1 is 0.297 bits per heavy atom. The first-order valence-corrected chi connectivity index (χ1v) is 40.5. The number of ether oxygens (including phenoxy) is 4. The highest BCUT2D eigenvalue weighted by Gasteiger charge is 2.30. The number of carbonyl (C=O) groups is 4. The van der Waals surface area contributed by atoms with Gasteiger partial charge < -0.3 is 33.8 Å². The van der Waals surface area contributed by atoms with E-state index in [1.807, 2.05) is 0 Å². The number of hydrogen-bond donors (Lipinski definition) is 3. The van der Waals surface area contributed by atoms with Crippen molar-refractivity contribution in [3.05, 3.63) is 0 Å². The largest absolute Gasteiger partial charge is 0.472 e. The quantitative estimate of drug-likeness (QED) is 0.0222. The van der Waals surface area contributed by atoms with Gasteiger partial charge in [-0.3, -0.25) is 37.3 Å². The maximum absolute atomic E-state index is 13.0. The summed E-state index contributed by atoms with van der Waals surface area (Å²) in [5.41, 5.74) is 0. The van der Waals surface area contributed by atoms with Crippen molar-refractivity contribution in [3.8, 4) is 0 Å². The fraction of sp³-hybridized carbons (Fsp3) is 0.944. The van der Waals surface area contributed by atoms with Gasteiger partial charge in [-0.15, -0.1) is 0 Å². The number of carbonyl (C=O) groups excluding carboxylic acids is 4. The van der Waals surface area contributed by atoms with Crippen LogP contribution in [0.25, 0.3) is 0 Å². The zero-order chi connectivity index (χ0) is 67.2. The van der Waals surface area contributed by atoms with Crippen LogP contribution in [0.15, 0.2) is 0 Å². The number of aliphatic hydroxyl groups excluding tert-OH is 1. The summed E-state index contributed by atoms with van der Waals surface area (Å²) >= 11 is 0. The first-order valence-electron chi connectivity index (χ1n) is 37.5. The van der Waals surface area contributed by atoms with Crippen molar-refractivity contribution in [2.24, 2.45) is 11.8 Å². The fourth-order valence-corrected chi connectivity index (χ4v) is 12.5. The van der Waals surface area contributed by atoms with Crippen molar-refractivity contribution in [1.29, 1.82) is 0 Å². The van der Waals surface area contributed by atoms with Crippen LogP contribution in [0.3, 0.4) is 0 Å². The number of hydrogen-bond acceptors (Lipinski definition) is 15. The van der Waals surface area contributed by atoms with Crippen LogP contribution in [0.2, 0.25) is 0 Å². The second-order valence-corrected chi connectivity index (χ2v) is 29.8. The van der Waals surface area contributed by atoms with E-state index in [0.717, 1.165) is 102 Å². The normalized spacial score (nSPS) is 14.1. The summed E-state index contributed by atoms with van der Waals surface area (Å²) in [6.07, 6.45) is 49.9. The van der Waals surface area contributed by atoms with Gasteiger partial charge in [0.2, 0.25) is 0 Å². The molecule has 0 fully saturated rings. The molecule has 19 heteroatoms. The molecular weight excluding hydrogens is 1200 g/mol. The number of esters is 4. The van der Waals surface area contributed by atoms with E-state index < -0.39 is 97.5 Å². The highest BCUT2D eigenvalue weighted by molar-refractivity contribution is 7.47. The molecule has 0 aromatic carbocycles. The van der Waals surface area contributed by atoms with Crippen LogP contribution >= 0.6 is 15.6 Å². The zero-order valence-corrected chi connectivity index (χ0v) is 60.9. The van der Waals surface area contributed by atoms with Gasteiger partial charge in [-0.25, -0.2) is 9.13 Å². The van der Waals surface area contributed by atoms with Crippen molar-refractivity contribution < 1.29 is 80.2 Å². The first-order chi connectivity index (χ1) is 43.9. The predicted molar refractivity (Wildman–Crippen MR) is 368 cm³/mol. The molecule has 0 aliphatic heterocycles. The summed E-state index contributed by atoms with van der Waals surface area (Å²) in [5, 5.41) is 10.6. The third kappa shape index (κ3) is 66.5. The van der Waals surface area contributed by atoms with Gasteiger partial charge in [0.1, 0.15) is 19.3 Å². The Morgan fingerprint density at radius 3 is 0.747 bits per heavy atom. The van der Waals surface area contributed by atoms with Crippen molar-refractivity contribution in [2.75, 3.05) is 39.6 Å². The average Bonchev–Trinajstić information content (AvgIpc) is 3.68. The molecule has 0 aliphatic carbocycles. The minimum Gasteiger partial charge on any atom is -0.462 e. The van der Waals surface area contributed by atoms with Crippen LogP contribution in [0, 0.1) is 11.8 Å². The maximum Gasteiger partial charge on any atom is 0.472 e. The smallest absolute Gasteiger partial charge is 0.462 e. The Balaban J connectivity index is 5.25. The van der Waals surface area contributed by atoms with E-state index in [4.69, 9.17) is 37.0 Å². The third-order valence-electron chi connectivity index (χ3n) is 16.7. The highest BCUT2D eigenvalue weighted by Crippen LogP contribution is 2.45. The van der Waals surface area contributed by atoms with Crippen LogP contribution < -0.4 is 0 Å². The Hall–Kier alpha value is -1.94. The molecular formula is C72H140O17P2. The predicted octanol–water partition coefficient (Wildman–Crippen LogP) is 20.8. The Bertz CT molecular complexity index is 1770. The molecule has 17 nitrogen and oxygen atoms in total. The van der Waals surface area contributed by atoms with Gasteiger partial charge in [0.25, 0.3) is 0 Å². The second kappa shape index (κ2) is 64.1. The van der Waals surface area contributed by atoms with E-state index in [1.165, 1.54) is 180 Å². The van der Waals surface area contributed by atoms with E-state index >= 15 is 0 Å². The van der Waals surface area contributed by atoms with Gasteiger partial charge in [-0.2, -0.15) is 0 Å². The first kappa shape index (κ1) is 89.1. The number of aliphatic hydroxyl groups is 1. The Labute approximate surface area is 556 Å². The monoisotopic (exact) mass is 1340 g/mol. The Kier molecular flexibility index (Phi) is 62.7. The van der Waals surface area contributed by atoms with E-state index in [-0.39, 0.29) is 25.7 Å². The van der Waals surface area contributed by atoms with E-state index in [1.54, 1.807) is 0 Å². The summed E-state index contributed by atoms with van der Waals surface area (Å²) in [5.74, 6) is -0.638.